The maximum absolute atomic E-state index is 12.5. The quantitative estimate of drug-likeness (QED) is 0.793. The SMILES string of the molecule is CC(C)(C)OC(=O)N1[C@@H]2CC[C@H]1CC(CN1CC(CS)CC1=O)C2. The van der Waals surface area contributed by atoms with Crippen molar-refractivity contribution in [3.05, 3.63) is 0 Å². The van der Waals surface area contributed by atoms with Gasteiger partial charge in [0, 0.05) is 31.6 Å². The molecule has 0 aromatic heterocycles. The lowest BCUT2D eigenvalue weighted by atomic mass is 9.90. The van der Waals surface area contributed by atoms with Crippen LogP contribution >= 0.6 is 12.6 Å². The van der Waals surface area contributed by atoms with Crippen molar-refractivity contribution >= 4 is 24.6 Å². The molecule has 3 saturated heterocycles. The second kappa shape index (κ2) is 6.77. The Bertz CT molecular complexity index is 491. The highest BCUT2D eigenvalue weighted by atomic mass is 32.1. The van der Waals surface area contributed by atoms with E-state index in [4.69, 9.17) is 4.74 Å². The fourth-order valence-corrected chi connectivity index (χ4v) is 4.76. The molecule has 0 aromatic rings. The van der Waals surface area contributed by atoms with Crippen LogP contribution in [0.25, 0.3) is 0 Å². The van der Waals surface area contributed by atoms with E-state index in [-0.39, 0.29) is 24.1 Å². The number of carbonyl (C=O) groups is 2. The smallest absolute Gasteiger partial charge is 0.410 e. The van der Waals surface area contributed by atoms with Crippen LogP contribution in [0.4, 0.5) is 4.79 Å². The normalized spacial score (nSPS) is 33.2. The van der Waals surface area contributed by atoms with Gasteiger partial charge in [-0.15, -0.1) is 0 Å². The summed E-state index contributed by atoms with van der Waals surface area (Å²) in [5.41, 5.74) is -0.447. The van der Waals surface area contributed by atoms with E-state index in [0.29, 0.717) is 18.3 Å². The Labute approximate surface area is 150 Å². The number of fused-ring (bicyclic) bond motifs is 2. The van der Waals surface area contributed by atoms with Crippen molar-refractivity contribution in [1.82, 2.24) is 9.80 Å². The largest absolute Gasteiger partial charge is 0.444 e. The zero-order valence-corrected chi connectivity index (χ0v) is 15.9. The predicted molar refractivity (Wildman–Crippen MR) is 96.1 cm³/mol. The molecular weight excluding hydrogens is 324 g/mol. The first kappa shape index (κ1) is 17.9. The maximum atomic E-state index is 12.5. The minimum absolute atomic E-state index is 0.166. The Kier molecular flexibility index (Phi) is 5.05. The third kappa shape index (κ3) is 3.84. The second-order valence-corrected chi connectivity index (χ2v) is 9.03. The Morgan fingerprint density at radius 3 is 2.33 bits per heavy atom. The van der Waals surface area contributed by atoms with Crippen molar-refractivity contribution in [2.45, 2.75) is 70.6 Å². The van der Waals surface area contributed by atoms with Gasteiger partial charge in [-0.1, -0.05) is 0 Å². The van der Waals surface area contributed by atoms with E-state index in [9.17, 15) is 9.59 Å². The van der Waals surface area contributed by atoms with Crippen LogP contribution in [0, 0.1) is 11.8 Å². The molecule has 2 amide bonds. The number of likely N-dealkylation sites (tertiary alicyclic amines) is 1. The van der Waals surface area contributed by atoms with Crippen molar-refractivity contribution in [3.8, 4) is 0 Å². The Balaban J connectivity index is 1.57. The van der Waals surface area contributed by atoms with Crippen LogP contribution in [0.2, 0.25) is 0 Å². The summed E-state index contributed by atoms with van der Waals surface area (Å²) in [6.45, 7) is 7.44. The molecule has 3 rings (SSSR count). The summed E-state index contributed by atoms with van der Waals surface area (Å²) in [4.78, 5) is 28.6. The van der Waals surface area contributed by atoms with Crippen LogP contribution in [-0.4, -0.2) is 58.3 Å². The van der Waals surface area contributed by atoms with Gasteiger partial charge in [-0.05, 0) is 64.0 Å². The highest BCUT2D eigenvalue weighted by Gasteiger charge is 2.45. The first-order chi connectivity index (χ1) is 11.3. The van der Waals surface area contributed by atoms with Gasteiger partial charge in [0.1, 0.15) is 5.60 Å². The van der Waals surface area contributed by atoms with Gasteiger partial charge in [-0.25, -0.2) is 4.79 Å². The average molecular weight is 355 g/mol. The summed E-state index contributed by atoms with van der Waals surface area (Å²) < 4.78 is 5.59. The molecule has 0 radical (unpaired) electrons. The minimum atomic E-state index is -0.447. The topological polar surface area (TPSA) is 49.9 Å². The van der Waals surface area contributed by atoms with Crippen molar-refractivity contribution in [3.63, 3.8) is 0 Å². The zero-order chi connectivity index (χ0) is 17.5. The fraction of sp³-hybridized carbons (Fsp3) is 0.889. The maximum Gasteiger partial charge on any atom is 0.410 e. The van der Waals surface area contributed by atoms with Crippen LogP contribution in [0.3, 0.4) is 0 Å². The van der Waals surface area contributed by atoms with E-state index < -0.39 is 5.60 Å². The number of thiol groups is 1. The molecule has 3 aliphatic heterocycles. The molecule has 24 heavy (non-hydrogen) atoms. The van der Waals surface area contributed by atoms with Gasteiger partial charge in [-0.2, -0.15) is 12.6 Å². The van der Waals surface area contributed by atoms with Gasteiger partial charge in [0.2, 0.25) is 5.91 Å². The van der Waals surface area contributed by atoms with Gasteiger partial charge < -0.3 is 14.5 Å². The highest BCUT2D eigenvalue weighted by Crippen LogP contribution is 2.40. The predicted octanol–water partition coefficient (Wildman–Crippen LogP) is 2.94. The number of piperidine rings is 1. The van der Waals surface area contributed by atoms with Gasteiger partial charge in [0.05, 0.1) is 0 Å². The van der Waals surface area contributed by atoms with E-state index in [0.717, 1.165) is 44.5 Å². The first-order valence-electron chi connectivity index (χ1n) is 9.16. The summed E-state index contributed by atoms with van der Waals surface area (Å²) in [6.07, 6.45) is 4.59. The molecule has 0 saturated carbocycles. The standard InChI is InChI=1S/C18H30N2O3S/c1-18(2,3)23-17(22)20-14-4-5-15(20)7-12(6-14)9-19-10-13(11-24)8-16(19)21/h12-15,24H,4-11H2,1-3H3/t12?,13?,14-,15+. The van der Waals surface area contributed by atoms with Gasteiger partial charge in [0.25, 0.3) is 0 Å². The minimum Gasteiger partial charge on any atom is -0.444 e. The number of hydrogen-bond acceptors (Lipinski definition) is 4. The third-order valence-corrected chi connectivity index (χ3v) is 5.98. The van der Waals surface area contributed by atoms with E-state index in [2.05, 4.69) is 12.6 Å². The fourth-order valence-electron chi connectivity index (χ4n) is 4.52. The molecule has 3 heterocycles. The number of carbonyl (C=O) groups excluding carboxylic acids is 2. The Morgan fingerprint density at radius 1 is 1.21 bits per heavy atom. The molecule has 136 valence electrons. The Hall–Kier alpha value is -0.910. The van der Waals surface area contributed by atoms with Crippen molar-refractivity contribution in [2.24, 2.45) is 11.8 Å². The zero-order valence-electron chi connectivity index (χ0n) is 15.0. The molecule has 0 spiro atoms. The summed E-state index contributed by atoms with van der Waals surface area (Å²) in [6, 6.07) is 0.559. The molecule has 0 N–H and O–H groups in total. The number of rotatable bonds is 3. The summed E-state index contributed by atoms with van der Waals surface area (Å²) in [5.74, 6) is 1.96. The van der Waals surface area contributed by atoms with E-state index in [1.165, 1.54) is 0 Å². The Morgan fingerprint density at radius 2 is 1.83 bits per heavy atom. The molecule has 3 aliphatic rings. The second-order valence-electron chi connectivity index (χ2n) is 8.66. The number of nitrogens with zero attached hydrogens (tertiary/aromatic N) is 2. The van der Waals surface area contributed by atoms with Crippen molar-refractivity contribution < 1.29 is 14.3 Å². The first-order valence-corrected chi connectivity index (χ1v) is 9.80. The van der Waals surface area contributed by atoms with Gasteiger partial charge in [-0.3, -0.25) is 4.79 Å². The van der Waals surface area contributed by atoms with Crippen LogP contribution in [0.15, 0.2) is 0 Å². The van der Waals surface area contributed by atoms with Gasteiger partial charge >= 0.3 is 6.09 Å². The average Bonchev–Trinajstić information content (AvgIpc) is 2.95. The number of amides is 2. The third-order valence-electron chi connectivity index (χ3n) is 5.47. The van der Waals surface area contributed by atoms with Crippen LogP contribution < -0.4 is 0 Å². The lowest BCUT2D eigenvalue weighted by Crippen LogP contribution is -2.50. The highest BCUT2D eigenvalue weighted by molar-refractivity contribution is 7.80. The van der Waals surface area contributed by atoms with Crippen LogP contribution in [-0.2, 0) is 9.53 Å². The molecule has 2 unspecified atom stereocenters. The number of hydrogen-bond donors (Lipinski definition) is 1. The van der Waals surface area contributed by atoms with Crippen LogP contribution in [0.5, 0.6) is 0 Å². The molecule has 0 aliphatic carbocycles. The van der Waals surface area contributed by atoms with Crippen molar-refractivity contribution in [1.29, 1.82) is 0 Å². The molecule has 6 heteroatoms. The molecular formula is C18H30N2O3S. The molecule has 5 nitrogen and oxygen atoms in total. The molecule has 4 atom stereocenters. The molecule has 2 bridgehead atoms. The summed E-state index contributed by atoms with van der Waals surface area (Å²) in [5, 5.41) is 0. The summed E-state index contributed by atoms with van der Waals surface area (Å²) >= 11 is 4.33. The van der Waals surface area contributed by atoms with Crippen LogP contribution in [0.1, 0.15) is 52.9 Å². The van der Waals surface area contributed by atoms with Gasteiger partial charge in [0.15, 0.2) is 0 Å². The van der Waals surface area contributed by atoms with E-state index in [1.54, 1.807) is 0 Å². The monoisotopic (exact) mass is 354 g/mol. The molecule has 3 fully saturated rings. The molecule has 0 aromatic carbocycles. The summed E-state index contributed by atoms with van der Waals surface area (Å²) in [7, 11) is 0. The number of ether oxygens (including phenoxy) is 1. The lowest BCUT2D eigenvalue weighted by Gasteiger charge is -2.40. The lowest BCUT2D eigenvalue weighted by molar-refractivity contribution is -0.128. The van der Waals surface area contributed by atoms with E-state index >= 15 is 0 Å². The van der Waals surface area contributed by atoms with Crippen molar-refractivity contribution in [2.75, 3.05) is 18.8 Å². The van der Waals surface area contributed by atoms with E-state index in [1.807, 2.05) is 30.6 Å².